The molecule has 1 amide bonds. The number of benzene rings is 1. The van der Waals surface area contributed by atoms with E-state index in [-0.39, 0.29) is 11.7 Å². The fourth-order valence-corrected chi connectivity index (χ4v) is 5.09. The van der Waals surface area contributed by atoms with E-state index in [1.165, 1.54) is 19.3 Å². The van der Waals surface area contributed by atoms with E-state index in [1.54, 1.807) is 6.92 Å². The maximum absolute atomic E-state index is 11.9. The monoisotopic (exact) mass is 460 g/mol. The summed E-state index contributed by atoms with van der Waals surface area (Å²) in [6.45, 7) is 3.88. The van der Waals surface area contributed by atoms with Crippen molar-refractivity contribution >= 4 is 28.7 Å². The number of nitrogens with one attached hydrogen (secondary N) is 1. The number of ketones is 1. The average molecular weight is 461 g/mol. The lowest BCUT2D eigenvalue weighted by Crippen LogP contribution is -2.27. The summed E-state index contributed by atoms with van der Waals surface area (Å²) in [5.41, 5.74) is 3.07. The molecule has 178 valence electrons. The number of fused-ring (bicyclic) bond motifs is 1. The average Bonchev–Trinajstić information content (AvgIpc) is 3.48. The molecule has 2 aromatic heterocycles. The molecular weight excluding hydrogens is 428 g/mol. The standard InChI is InChI=1S/C26H32N6O2/c1-18(33)19-8-5-9-20(16-19)24-29-25(27-13-7-15-31-14-6-12-22(31)34)23-26(30-24)32(17-28-23)21-10-3-2-4-11-21/h5,8-9,16-17,21H,2-4,6-7,10-15H2,1H3,(H,27,29,30). The van der Waals surface area contributed by atoms with Gasteiger partial charge in [-0.3, -0.25) is 9.59 Å². The Bertz CT molecular complexity index is 1200. The van der Waals surface area contributed by atoms with Gasteiger partial charge in [0.05, 0.1) is 6.33 Å². The lowest BCUT2D eigenvalue weighted by molar-refractivity contribution is -0.127. The molecule has 1 aromatic carbocycles. The van der Waals surface area contributed by atoms with Crippen LogP contribution in [0.1, 0.15) is 74.7 Å². The number of imidazole rings is 1. The van der Waals surface area contributed by atoms with Crippen LogP contribution < -0.4 is 5.32 Å². The lowest BCUT2D eigenvalue weighted by Gasteiger charge is -2.23. The second-order valence-corrected chi connectivity index (χ2v) is 9.41. The molecule has 0 spiro atoms. The van der Waals surface area contributed by atoms with Crippen LogP contribution in [-0.4, -0.2) is 55.7 Å². The zero-order valence-corrected chi connectivity index (χ0v) is 19.8. The van der Waals surface area contributed by atoms with Crippen LogP contribution in [0.2, 0.25) is 0 Å². The Hall–Kier alpha value is -3.29. The lowest BCUT2D eigenvalue weighted by atomic mass is 9.95. The van der Waals surface area contributed by atoms with Crippen LogP contribution in [0, 0.1) is 0 Å². The van der Waals surface area contributed by atoms with Gasteiger partial charge in [0, 0.05) is 43.2 Å². The molecule has 1 saturated heterocycles. The van der Waals surface area contributed by atoms with Gasteiger partial charge < -0.3 is 14.8 Å². The summed E-state index contributed by atoms with van der Waals surface area (Å²) in [5.74, 6) is 1.56. The third-order valence-corrected chi connectivity index (χ3v) is 6.99. The maximum Gasteiger partial charge on any atom is 0.222 e. The van der Waals surface area contributed by atoms with Gasteiger partial charge in [0.2, 0.25) is 5.91 Å². The molecule has 1 aliphatic heterocycles. The van der Waals surface area contributed by atoms with Crippen molar-refractivity contribution in [3.8, 4) is 11.4 Å². The number of anilines is 1. The number of hydrogen-bond acceptors (Lipinski definition) is 6. The van der Waals surface area contributed by atoms with Crippen molar-refractivity contribution in [2.24, 2.45) is 0 Å². The first-order valence-corrected chi connectivity index (χ1v) is 12.5. The van der Waals surface area contributed by atoms with Crippen LogP contribution in [-0.2, 0) is 4.79 Å². The molecule has 3 aromatic rings. The van der Waals surface area contributed by atoms with Gasteiger partial charge in [0.1, 0.15) is 5.52 Å². The SMILES string of the molecule is CC(=O)c1cccc(-c2nc(NCCCN3CCCC3=O)c3ncn(C4CCCCC4)c3n2)c1. The number of nitrogens with zero attached hydrogens (tertiary/aromatic N) is 5. The molecular formula is C26H32N6O2. The van der Waals surface area contributed by atoms with Crippen LogP contribution in [0.4, 0.5) is 5.82 Å². The molecule has 1 aliphatic carbocycles. The molecule has 1 saturated carbocycles. The number of rotatable bonds is 8. The number of aromatic nitrogens is 4. The van der Waals surface area contributed by atoms with Crippen molar-refractivity contribution in [1.29, 1.82) is 0 Å². The van der Waals surface area contributed by atoms with E-state index in [1.807, 2.05) is 35.5 Å². The molecule has 2 fully saturated rings. The summed E-state index contributed by atoms with van der Waals surface area (Å²) in [5, 5.41) is 3.46. The fraction of sp³-hybridized carbons (Fsp3) is 0.500. The highest BCUT2D eigenvalue weighted by atomic mass is 16.2. The van der Waals surface area contributed by atoms with Gasteiger partial charge in [0.15, 0.2) is 23.1 Å². The highest BCUT2D eigenvalue weighted by Gasteiger charge is 2.22. The smallest absolute Gasteiger partial charge is 0.222 e. The van der Waals surface area contributed by atoms with Crippen LogP contribution in [0.25, 0.3) is 22.6 Å². The van der Waals surface area contributed by atoms with Crippen molar-refractivity contribution in [3.63, 3.8) is 0 Å². The Morgan fingerprint density at radius 2 is 2.00 bits per heavy atom. The summed E-state index contributed by atoms with van der Waals surface area (Å²) < 4.78 is 2.21. The number of Topliss-reactive ketones (excluding diaryl/α,β-unsaturated/α-hetero) is 1. The topological polar surface area (TPSA) is 93.0 Å². The minimum Gasteiger partial charge on any atom is -0.368 e. The zero-order valence-electron chi connectivity index (χ0n) is 19.8. The van der Waals surface area contributed by atoms with E-state index < -0.39 is 0 Å². The van der Waals surface area contributed by atoms with Crippen LogP contribution in [0.3, 0.4) is 0 Å². The predicted octanol–water partition coefficient (Wildman–Crippen LogP) is 4.63. The first kappa shape index (κ1) is 22.5. The van der Waals surface area contributed by atoms with E-state index in [9.17, 15) is 9.59 Å². The van der Waals surface area contributed by atoms with Crippen LogP contribution in [0.5, 0.6) is 0 Å². The maximum atomic E-state index is 11.9. The van der Waals surface area contributed by atoms with Gasteiger partial charge >= 0.3 is 0 Å². The van der Waals surface area contributed by atoms with Gasteiger partial charge in [-0.1, -0.05) is 37.5 Å². The largest absolute Gasteiger partial charge is 0.368 e. The molecule has 8 nitrogen and oxygen atoms in total. The molecule has 8 heteroatoms. The van der Waals surface area contributed by atoms with E-state index in [4.69, 9.17) is 15.0 Å². The van der Waals surface area contributed by atoms with Crippen molar-refractivity contribution < 1.29 is 9.59 Å². The molecule has 3 heterocycles. The summed E-state index contributed by atoms with van der Waals surface area (Å²) in [6, 6.07) is 7.89. The Kier molecular flexibility index (Phi) is 6.56. The molecule has 1 N–H and O–H groups in total. The summed E-state index contributed by atoms with van der Waals surface area (Å²) in [6.07, 6.45) is 10.4. The van der Waals surface area contributed by atoms with Crippen molar-refractivity contribution in [2.75, 3.05) is 25.0 Å². The van der Waals surface area contributed by atoms with Gasteiger partial charge in [-0.25, -0.2) is 15.0 Å². The van der Waals surface area contributed by atoms with Crippen LogP contribution >= 0.6 is 0 Å². The Balaban J connectivity index is 1.45. The first-order chi connectivity index (χ1) is 16.6. The van der Waals surface area contributed by atoms with Gasteiger partial charge in [-0.2, -0.15) is 0 Å². The Morgan fingerprint density at radius 3 is 2.76 bits per heavy atom. The van der Waals surface area contributed by atoms with E-state index in [2.05, 4.69) is 9.88 Å². The first-order valence-electron chi connectivity index (χ1n) is 12.5. The van der Waals surface area contributed by atoms with Gasteiger partial charge in [-0.15, -0.1) is 0 Å². The summed E-state index contributed by atoms with van der Waals surface area (Å²) in [4.78, 5) is 40.2. The van der Waals surface area contributed by atoms with Crippen LogP contribution in [0.15, 0.2) is 30.6 Å². The van der Waals surface area contributed by atoms with Gasteiger partial charge in [0.25, 0.3) is 0 Å². The quantitative estimate of drug-likeness (QED) is 0.389. The Morgan fingerprint density at radius 1 is 1.15 bits per heavy atom. The third-order valence-electron chi connectivity index (χ3n) is 6.99. The minimum atomic E-state index is 0.0185. The van der Waals surface area contributed by atoms with E-state index in [0.717, 1.165) is 55.5 Å². The summed E-state index contributed by atoms with van der Waals surface area (Å²) in [7, 11) is 0. The number of likely N-dealkylation sites (tertiary alicyclic amines) is 1. The second-order valence-electron chi connectivity index (χ2n) is 9.41. The Labute approximate surface area is 199 Å². The van der Waals surface area contributed by atoms with Crippen molar-refractivity contribution in [1.82, 2.24) is 24.4 Å². The van der Waals surface area contributed by atoms with Crippen molar-refractivity contribution in [2.45, 2.75) is 64.3 Å². The zero-order chi connectivity index (χ0) is 23.5. The second kappa shape index (κ2) is 9.91. The highest BCUT2D eigenvalue weighted by molar-refractivity contribution is 5.95. The number of carbonyl (C=O) groups excluding carboxylic acids is 2. The molecule has 2 aliphatic rings. The normalized spacial score (nSPS) is 17.0. The highest BCUT2D eigenvalue weighted by Crippen LogP contribution is 2.32. The number of amides is 1. The van der Waals surface area contributed by atoms with Crippen molar-refractivity contribution in [3.05, 3.63) is 36.2 Å². The molecule has 0 bridgehead atoms. The molecule has 0 unspecified atom stereocenters. The molecule has 0 atom stereocenters. The molecule has 0 radical (unpaired) electrons. The minimum absolute atomic E-state index is 0.0185. The molecule has 34 heavy (non-hydrogen) atoms. The van der Waals surface area contributed by atoms with E-state index >= 15 is 0 Å². The fourth-order valence-electron chi connectivity index (χ4n) is 5.09. The summed E-state index contributed by atoms with van der Waals surface area (Å²) >= 11 is 0. The number of carbonyl (C=O) groups is 2. The third kappa shape index (κ3) is 4.67. The number of hydrogen-bond donors (Lipinski definition) is 1. The molecule has 5 rings (SSSR count). The van der Waals surface area contributed by atoms with E-state index in [0.29, 0.717) is 36.2 Å². The van der Waals surface area contributed by atoms with Gasteiger partial charge in [-0.05, 0) is 38.7 Å². The predicted molar refractivity (Wildman–Crippen MR) is 132 cm³/mol.